The zero-order valence-corrected chi connectivity index (χ0v) is 15.0. The average molecular weight is 362 g/mol. The number of nitrogens with zero attached hydrogens (tertiary/aromatic N) is 3. The number of furan rings is 1. The predicted molar refractivity (Wildman–Crippen MR) is 91.8 cm³/mol. The van der Waals surface area contributed by atoms with Crippen LogP contribution >= 0.6 is 11.8 Å². The molecule has 0 atom stereocenters. The van der Waals surface area contributed by atoms with Gasteiger partial charge in [-0.25, -0.2) is 9.97 Å². The van der Waals surface area contributed by atoms with Crippen molar-refractivity contribution in [3.05, 3.63) is 35.4 Å². The number of aromatic nitrogens is 2. The predicted octanol–water partition coefficient (Wildman–Crippen LogP) is 1.69. The maximum Gasteiger partial charge on any atom is 0.190 e. The number of carboxylic acids is 1. The fraction of sp³-hybridized carbons (Fsp3) is 0.471. The third kappa shape index (κ3) is 4.52. The van der Waals surface area contributed by atoms with E-state index >= 15 is 0 Å². The molecule has 8 heteroatoms. The number of carbonyl (C=O) groups excluding carboxylic acids is 1. The summed E-state index contributed by atoms with van der Waals surface area (Å²) in [6, 6.07) is 5.06. The van der Waals surface area contributed by atoms with Gasteiger partial charge in [0, 0.05) is 24.8 Å². The van der Waals surface area contributed by atoms with Gasteiger partial charge in [0.05, 0.1) is 19.0 Å². The summed E-state index contributed by atoms with van der Waals surface area (Å²) in [5.74, 6) is 0.716. The fourth-order valence-corrected chi connectivity index (χ4v) is 3.20. The summed E-state index contributed by atoms with van der Waals surface area (Å²) in [5.41, 5.74) is 0.980. The zero-order chi connectivity index (χ0) is 17.8. The highest BCUT2D eigenvalue weighted by molar-refractivity contribution is 7.98. The highest BCUT2D eigenvalue weighted by Gasteiger charge is 2.16. The third-order valence-electron chi connectivity index (χ3n) is 3.84. The Balaban J connectivity index is 1.76. The number of anilines is 1. The number of morpholine rings is 1. The number of ether oxygens (including phenoxy) is 1. The molecule has 0 saturated carbocycles. The molecule has 3 rings (SSSR count). The average Bonchev–Trinajstić information content (AvgIpc) is 3.10. The summed E-state index contributed by atoms with van der Waals surface area (Å²) in [6.45, 7) is 7.21. The van der Waals surface area contributed by atoms with Crippen LogP contribution in [-0.2, 0) is 10.5 Å². The van der Waals surface area contributed by atoms with Crippen LogP contribution in [0.25, 0.3) is 0 Å². The smallest absolute Gasteiger partial charge is 0.190 e. The number of thioether (sulfide) groups is 1. The Hall–Kier alpha value is -2.06. The minimum Gasteiger partial charge on any atom is -0.542 e. The minimum atomic E-state index is -1.32. The van der Waals surface area contributed by atoms with Crippen LogP contribution in [0.3, 0.4) is 0 Å². The Morgan fingerprint density at radius 1 is 1.32 bits per heavy atom. The molecule has 0 spiro atoms. The van der Waals surface area contributed by atoms with E-state index in [4.69, 9.17) is 9.15 Å². The number of rotatable bonds is 6. The fourth-order valence-electron chi connectivity index (χ4n) is 2.45. The summed E-state index contributed by atoms with van der Waals surface area (Å²) in [5, 5.41) is 11.4. The maximum atomic E-state index is 10.8. The largest absolute Gasteiger partial charge is 0.542 e. The molecule has 1 saturated heterocycles. The van der Waals surface area contributed by atoms with Gasteiger partial charge in [-0.2, -0.15) is 0 Å². The van der Waals surface area contributed by atoms with Crippen molar-refractivity contribution >= 4 is 23.5 Å². The summed E-state index contributed by atoms with van der Waals surface area (Å²) in [4.78, 5) is 22.2. The molecule has 0 unspecified atom stereocenters. The van der Waals surface area contributed by atoms with Crippen molar-refractivity contribution in [2.45, 2.75) is 30.7 Å². The van der Waals surface area contributed by atoms with Crippen molar-refractivity contribution in [2.24, 2.45) is 0 Å². The molecule has 7 nitrogen and oxygen atoms in total. The lowest BCUT2D eigenvalue weighted by Crippen LogP contribution is -2.37. The molecule has 2 aromatic rings. The van der Waals surface area contributed by atoms with Crippen LogP contribution in [0.2, 0.25) is 0 Å². The molecule has 1 fully saturated rings. The number of hydrogen-bond acceptors (Lipinski definition) is 8. The first-order valence-electron chi connectivity index (χ1n) is 8.17. The second-order valence-corrected chi connectivity index (χ2v) is 6.97. The molecule has 0 bridgehead atoms. The first-order valence-corrected chi connectivity index (χ1v) is 9.16. The molecule has 0 amide bonds. The van der Waals surface area contributed by atoms with Gasteiger partial charge in [-0.3, -0.25) is 0 Å². The molecule has 0 radical (unpaired) electrons. The molecule has 1 aliphatic heterocycles. The van der Waals surface area contributed by atoms with Crippen LogP contribution < -0.4 is 10.0 Å². The number of carboxylic acid groups (broad SMARTS) is 1. The van der Waals surface area contributed by atoms with Crippen molar-refractivity contribution in [1.29, 1.82) is 0 Å². The zero-order valence-electron chi connectivity index (χ0n) is 14.2. The lowest BCUT2D eigenvalue weighted by Gasteiger charge is -2.28. The topological polar surface area (TPSA) is 91.5 Å². The summed E-state index contributed by atoms with van der Waals surface area (Å²) in [6.07, 6.45) is 0. The van der Waals surface area contributed by atoms with E-state index in [1.54, 1.807) is 6.07 Å². The van der Waals surface area contributed by atoms with Gasteiger partial charge in [0.15, 0.2) is 5.16 Å². The van der Waals surface area contributed by atoms with Gasteiger partial charge in [0.2, 0.25) is 0 Å². The van der Waals surface area contributed by atoms with E-state index in [-0.39, 0.29) is 11.7 Å². The number of aromatic carboxylic acids is 1. The van der Waals surface area contributed by atoms with Crippen molar-refractivity contribution in [3.8, 4) is 0 Å². The molecule has 3 heterocycles. The maximum absolute atomic E-state index is 10.8. The van der Waals surface area contributed by atoms with Crippen LogP contribution in [-0.4, -0.2) is 42.2 Å². The second-order valence-electron chi connectivity index (χ2n) is 6.03. The quantitative estimate of drug-likeness (QED) is 0.566. The molecule has 2 aromatic heterocycles. The highest BCUT2D eigenvalue weighted by Crippen LogP contribution is 2.26. The summed E-state index contributed by atoms with van der Waals surface area (Å²) in [7, 11) is 0. The Morgan fingerprint density at radius 3 is 2.72 bits per heavy atom. The van der Waals surface area contributed by atoms with Crippen molar-refractivity contribution in [1.82, 2.24) is 9.97 Å². The van der Waals surface area contributed by atoms with Crippen LogP contribution in [0.1, 0.15) is 41.8 Å². The first kappa shape index (κ1) is 17.8. The Kier molecular flexibility index (Phi) is 5.60. The Morgan fingerprint density at radius 2 is 2.08 bits per heavy atom. The second kappa shape index (κ2) is 7.88. The molecule has 1 aliphatic rings. The van der Waals surface area contributed by atoms with E-state index in [2.05, 4.69) is 28.7 Å². The van der Waals surface area contributed by atoms with Gasteiger partial charge in [-0.1, -0.05) is 25.6 Å². The van der Waals surface area contributed by atoms with Gasteiger partial charge in [-0.05, 0) is 18.1 Å². The van der Waals surface area contributed by atoms with E-state index in [0.29, 0.717) is 29.9 Å². The Bertz CT molecular complexity index is 741. The number of carbonyl (C=O) groups is 1. The van der Waals surface area contributed by atoms with E-state index < -0.39 is 5.97 Å². The van der Waals surface area contributed by atoms with E-state index in [9.17, 15) is 9.90 Å². The lowest BCUT2D eigenvalue weighted by molar-refractivity contribution is -0.257. The molecular weight excluding hydrogens is 342 g/mol. The molecule has 0 aromatic carbocycles. The van der Waals surface area contributed by atoms with Crippen molar-refractivity contribution in [3.63, 3.8) is 0 Å². The van der Waals surface area contributed by atoms with E-state index in [0.717, 1.165) is 24.6 Å². The van der Waals surface area contributed by atoms with Crippen molar-refractivity contribution < 1.29 is 19.1 Å². The van der Waals surface area contributed by atoms with Gasteiger partial charge < -0.3 is 24.0 Å². The number of hydrogen-bond donors (Lipinski definition) is 0. The lowest BCUT2D eigenvalue weighted by atomic mass is 10.1. The first-order chi connectivity index (χ1) is 12.0. The monoisotopic (exact) mass is 362 g/mol. The molecule has 25 heavy (non-hydrogen) atoms. The van der Waals surface area contributed by atoms with Gasteiger partial charge in [0.25, 0.3) is 0 Å². The van der Waals surface area contributed by atoms with Gasteiger partial charge >= 0.3 is 0 Å². The third-order valence-corrected chi connectivity index (χ3v) is 4.71. The van der Waals surface area contributed by atoms with Crippen LogP contribution in [0.5, 0.6) is 0 Å². The van der Waals surface area contributed by atoms with Crippen LogP contribution in [0.4, 0.5) is 5.82 Å². The van der Waals surface area contributed by atoms with Gasteiger partial charge in [-0.15, -0.1) is 0 Å². The molecular formula is C17H20N3O4S-. The summed E-state index contributed by atoms with van der Waals surface area (Å²) >= 11 is 1.42. The molecule has 134 valence electrons. The SMILES string of the molecule is CC(C)c1cc(N2CCOCC2)nc(SCc2ccc(C(=O)[O-])o2)n1. The minimum absolute atomic E-state index is 0.165. The van der Waals surface area contributed by atoms with Crippen LogP contribution in [0, 0.1) is 0 Å². The standard InChI is InChI=1S/C17H21N3O4S/c1-11(2)13-9-15(20-5-7-23-8-6-20)19-17(18-13)25-10-12-3-4-14(24-12)16(21)22/h3-4,9,11H,5-8,10H2,1-2H3,(H,21,22)/p-1. The molecule has 0 N–H and O–H groups in total. The van der Waals surface area contributed by atoms with Crippen LogP contribution in [0.15, 0.2) is 27.8 Å². The highest BCUT2D eigenvalue weighted by atomic mass is 32.2. The van der Waals surface area contributed by atoms with Gasteiger partial charge in [0.1, 0.15) is 23.3 Å². The van der Waals surface area contributed by atoms with E-state index in [1.165, 1.54) is 17.8 Å². The Labute approximate surface area is 150 Å². The molecule has 0 aliphatic carbocycles. The summed E-state index contributed by atoms with van der Waals surface area (Å²) < 4.78 is 10.6. The van der Waals surface area contributed by atoms with E-state index in [1.807, 2.05) is 6.07 Å². The van der Waals surface area contributed by atoms with Crippen molar-refractivity contribution in [2.75, 3.05) is 31.2 Å². The normalized spacial score (nSPS) is 14.9.